The number of carbonyl (C=O) groups is 1. The molecule has 1 rings (SSSR count). The van der Waals surface area contributed by atoms with E-state index in [0.717, 1.165) is 25.9 Å². The molecule has 0 saturated carbocycles. The van der Waals surface area contributed by atoms with Gasteiger partial charge < -0.3 is 5.11 Å². The Labute approximate surface area is 143 Å². The summed E-state index contributed by atoms with van der Waals surface area (Å²) in [4.78, 5) is 13.5. The summed E-state index contributed by atoms with van der Waals surface area (Å²) in [5.74, 6) is -0.616. The van der Waals surface area contributed by atoms with E-state index in [0.29, 0.717) is 0 Å². The van der Waals surface area contributed by atoms with Gasteiger partial charge in [0.1, 0.15) is 6.04 Å². The Morgan fingerprint density at radius 1 is 0.826 bits per heavy atom. The van der Waals surface area contributed by atoms with Gasteiger partial charge in [-0.3, -0.25) is 9.69 Å². The van der Waals surface area contributed by atoms with E-state index in [-0.39, 0.29) is 6.04 Å². The molecule has 0 aromatic rings. The van der Waals surface area contributed by atoms with E-state index in [9.17, 15) is 9.90 Å². The summed E-state index contributed by atoms with van der Waals surface area (Å²) in [6.45, 7) is 4.23. The SMILES string of the molecule is CCCCCCCCCCCCCCC(C(=O)O)N1CCCC1. The Morgan fingerprint density at radius 3 is 1.70 bits per heavy atom. The average molecular weight is 326 g/mol. The van der Waals surface area contributed by atoms with Crippen LogP contribution in [0.5, 0.6) is 0 Å². The topological polar surface area (TPSA) is 40.5 Å². The van der Waals surface area contributed by atoms with Gasteiger partial charge in [0.25, 0.3) is 0 Å². The lowest BCUT2D eigenvalue weighted by Crippen LogP contribution is -2.39. The van der Waals surface area contributed by atoms with Gasteiger partial charge in [-0.2, -0.15) is 0 Å². The number of carboxylic acids is 1. The first-order valence-corrected chi connectivity index (χ1v) is 10.2. The molecule has 1 unspecified atom stereocenters. The van der Waals surface area contributed by atoms with E-state index in [4.69, 9.17) is 0 Å². The van der Waals surface area contributed by atoms with Crippen LogP contribution in [0.3, 0.4) is 0 Å². The first kappa shape index (κ1) is 20.5. The van der Waals surface area contributed by atoms with Gasteiger partial charge in [-0.05, 0) is 32.4 Å². The molecule has 0 aliphatic carbocycles. The Morgan fingerprint density at radius 2 is 1.26 bits per heavy atom. The van der Waals surface area contributed by atoms with Crippen molar-refractivity contribution in [2.24, 2.45) is 0 Å². The van der Waals surface area contributed by atoms with Gasteiger partial charge >= 0.3 is 5.97 Å². The summed E-state index contributed by atoms with van der Waals surface area (Å²) in [6.07, 6.45) is 19.2. The van der Waals surface area contributed by atoms with Crippen molar-refractivity contribution in [2.75, 3.05) is 13.1 Å². The van der Waals surface area contributed by atoms with E-state index in [1.165, 1.54) is 83.5 Å². The number of hydrogen-bond donors (Lipinski definition) is 1. The highest BCUT2D eigenvalue weighted by Gasteiger charge is 2.26. The molecule has 0 bridgehead atoms. The molecule has 1 saturated heterocycles. The summed E-state index contributed by atoms with van der Waals surface area (Å²) in [7, 11) is 0. The van der Waals surface area contributed by atoms with Crippen molar-refractivity contribution < 1.29 is 9.90 Å². The largest absolute Gasteiger partial charge is 0.480 e. The smallest absolute Gasteiger partial charge is 0.320 e. The third-order valence-corrected chi connectivity index (χ3v) is 5.20. The zero-order valence-corrected chi connectivity index (χ0v) is 15.4. The van der Waals surface area contributed by atoms with Crippen molar-refractivity contribution in [1.29, 1.82) is 0 Å². The Balaban J connectivity index is 1.89. The number of aliphatic carboxylic acids is 1. The number of likely N-dealkylation sites (tertiary alicyclic amines) is 1. The summed E-state index contributed by atoms with van der Waals surface area (Å²) in [5.41, 5.74) is 0. The molecule has 0 amide bonds. The fraction of sp³-hybridized carbons (Fsp3) is 0.950. The zero-order valence-electron chi connectivity index (χ0n) is 15.4. The lowest BCUT2D eigenvalue weighted by Gasteiger charge is -2.23. The van der Waals surface area contributed by atoms with E-state index >= 15 is 0 Å². The van der Waals surface area contributed by atoms with Crippen molar-refractivity contribution in [3.8, 4) is 0 Å². The van der Waals surface area contributed by atoms with Crippen LogP contribution in [0.2, 0.25) is 0 Å². The van der Waals surface area contributed by atoms with Crippen LogP contribution in [0.25, 0.3) is 0 Å². The minimum absolute atomic E-state index is 0.222. The molecule has 0 radical (unpaired) electrons. The highest BCUT2D eigenvalue weighted by atomic mass is 16.4. The molecule has 136 valence electrons. The first-order chi connectivity index (χ1) is 11.3. The van der Waals surface area contributed by atoms with Crippen LogP contribution in [-0.2, 0) is 4.79 Å². The van der Waals surface area contributed by atoms with Crippen molar-refractivity contribution in [3.63, 3.8) is 0 Å². The van der Waals surface area contributed by atoms with Gasteiger partial charge in [0.15, 0.2) is 0 Å². The fourth-order valence-electron chi connectivity index (χ4n) is 3.69. The van der Waals surface area contributed by atoms with E-state index in [2.05, 4.69) is 11.8 Å². The maximum absolute atomic E-state index is 11.4. The lowest BCUT2D eigenvalue weighted by atomic mass is 10.0. The average Bonchev–Trinajstić information content (AvgIpc) is 3.05. The summed E-state index contributed by atoms with van der Waals surface area (Å²) < 4.78 is 0. The van der Waals surface area contributed by atoms with Crippen LogP contribution >= 0.6 is 0 Å². The maximum atomic E-state index is 11.4. The minimum Gasteiger partial charge on any atom is -0.480 e. The number of nitrogens with zero attached hydrogens (tertiary/aromatic N) is 1. The van der Waals surface area contributed by atoms with Crippen LogP contribution < -0.4 is 0 Å². The van der Waals surface area contributed by atoms with Crippen LogP contribution in [0.15, 0.2) is 0 Å². The van der Waals surface area contributed by atoms with Crippen LogP contribution in [0.4, 0.5) is 0 Å². The Kier molecular flexibility index (Phi) is 12.3. The quantitative estimate of drug-likeness (QED) is 0.397. The Hall–Kier alpha value is -0.570. The van der Waals surface area contributed by atoms with Crippen molar-refractivity contribution in [2.45, 2.75) is 109 Å². The fourth-order valence-corrected chi connectivity index (χ4v) is 3.69. The predicted octanol–water partition coefficient (Wildman–Crippen LogP) is 5.63. The van der Waals surface area contributed by atoms with Crippen LogP contribution in [0, 0.1) is 0 Å². The van der Waals surface area contributed by atoms with Gasteiger partial charge in [-0.25, -0.2) is 0 Å². The zero-order chi connectivity index (χ0) is 16.8. The second-order valence-corrected chi connectivity index (χ2v) is 7.27. The minimum atomic E-state index is -0.616. The molecule has 1 aliphatic heterocycles. The van der Waals surface area contributed by atoms with Crippen LogP contribution in [-0.4, -0.2) is 35.1 Å². The molecule has 1 fully saturated rings. The first-order valence-electron chi connectivity index (χ1n) is 10.2. The molecule has 1 heterocycles. The molecule has 3 heteroatoms. The monoisotopic (exact) mass is 325 g/mol. The third kappa shape index (κ3) is 10.0. The molecular formula is C20H39NO2. The summed E-state index contributed by atoms with van der Waals surface area (Å²) in [5, 5.41) is 9.37. The standard InChI is InChI=1S/C20H39NO2/c1-2-3-4-5-6-7-8-9-10-11-12-13-16-19(20(22)23)21-17-14-15-18-21/h19H,2-18H2,1H3,(H,22,23). The molecule has 1 N–H and O–H groups in total. The lowest BCUT2D eigenvalue weighted by molar-refractivity contribution is -0.143. The molecule has 0 spiro atoms. The number of unbranched alkanes of at least 4 members (excludes halogenated alkanes) is 11. The molecule has 0 aromatic carbocycles. The predicted molar refractivity (Wildman–Crippen MR) is 97.9 cm³/mol. The molecule has 1 atom stereocenters. The number of hydrogen-bond acceptors (Lipinski definition) is 2. The number of carboxylic acid groups (broad SMARTS) is 1. The third-order valence-electron chi connectivity index (χ3n) is 5.20. The Bertz CT molecular complexity index is 287. The molecule has 3 nitrogen and oxygen atoms in total. The van der Waals surface area contributed by atoms with Crippen molar-refractivity contribution in [1.82, 2.24) is 4.90 Å². The molecule has 1 aliphatic rings. The second kappa shape index (κ2) is 13.8. The van der Waals surface area contributed by atoms with Gasteiger partial charge in [0, 0.05) is 0 Å². The van der Waals surface area contributed by atoms with Gasteiger partial charge in [0.2, 0.25) is 0 Å². The molecule has 23 heavy (non-hydrogen) atoms. The second-order valence-electron chi connectivity index (χ2n) is 7.27. The normalized spacial score (nSPS) is 16.7. The number of rotatable bonds is 15. The van der Waals surface area contributed by atoms with Gasteiger partial charge in [-0.15, -0.1) is 0 Å². The van der Waals surface area contributed by atoms with Crippen molar-refractivity contribution >= 4 is 5.97 Å². The highest BCUT2D eigenvalue weighted by molar-refractivity contribution is 5.73. The van der Waals surface area contributed by atoms with E-state index in [1.807, 2.05) is 0 Å². The van der Waals surface area contributed by atoms with Crippen LogP contribution in [0.1, 0.15) is 103 Å². The summed E-state index contributed by atoms with van der Waals surface area (Å²) >= 11 is 0. The van der Waals surface area contributed by atoms with E-state index in [1.54, 1.807) is 0 Å². The molecule has 0 aromatic heterocycles. The van der Waals surface area contributed by atoms with Gasteiger partial charge in [-0.1, -0.05) is 84.0 Å². The van der Waals surface area contributed by atoms with Crippen molar-refractivity contribution in [3.05, 3.63) is 0 Å². The van der Waals surface area contributed by atoms with E-state index < -0.39 is 5.97 Å². The molecular weight excluding hydrogens is 286 g/mol. The summed E-state index contributed by atoms with van der Waals surface area (Å²) in [6, 6.07) is -0.222. The highest BCUT2D eigenvalue weighted by Crippen LogP contribution is 2.18. The van der Waals surface area contributed by atoms with Gasteiger partial charge in [0.05, 0.1) is 0 Å². The maximum Gasteiger partial charge on any atom is 0.320 e.